The summed E-state index contributed by atoms with van der Waals surface area (Å²) < 4.78 is 0. The van der Waals surface area contributed by atoms with Crippen LogP contribution in [-0.4, -0.2) is 28.3 Å². The minimum atomic E-state index is 0.0520. The van der Waals surface area contributed by atoms with Crippen LogP contribution in [0.25, 0.3) is 0 Å². The van der Waals surface area contributed by atoms with Gasteiger partial charge in [-0.2, -0.15) is 0 Å². The van der Waals surface area contributed by atoms with Crippen LogP contribution in [0, 0.1) is 5.92 Å². The summed E-state index contributed by atoms with van der Waals surface area (Å²) in [5.41, 5.74) is 1.76. The van der Waals surface area contributed by atoms with Gasteiger partial charge in [-0.1, -0.05) is 35.5 Å². The third kappa shape index (κ3) is 2.64. The monoisotopic (exact) mass is 232 g/mol. The lowest BCUT2D eigenvalue weighted by Gasteiger charge is -2.16. The molecule has 1 atom stereocenters. The standard InChI is InChI=1S/C13H16N2O2/c1-10(14-17)12-7-13(16)15(9-12)8-11-5-3-2-4-6-11/h2-6,12,17H,7-9H2,1H3. The molecule has 90 valence electrons. The zero-order chi connectivity index (χ0) is 12.3. The highest BCUT2D eigenvalue weighted by atomic mass is 16.4. The molecule has 1 unspecified atom stereocenters. The van der Waals surface area contributed by atoms with Crippen LogP contribution < -0.4 is 0 Å². The molecule has 0 radical (unpaired) electrons. The first-order valence-electron chi connectivity index (χ1n) is 5.71. The minimum Gasteiger partial charge on any atom is -0.411 e. The van der Waals surface area contributed by atoms with Gasteiger partial charge in [0.2, 0.25) is 5.91 Å². The number of oxime groups is 1. The number of benzene rings is 1. The molecule has 4 nitrogen and oxygen atoms in total. The van der Waals surface area contributed by atoms with E-state index < -0.39 is 0 Å². The molecule has 0 spiro atoms. The highest BCUT2D eigenvalue weighted by Gasteiger charge is 2.31. The number of likely N-dealkylation sites (tertiary alicyclic amines) is 1. The van der Waals surface area contributed by atoms with Gasteiger partial charge >= 0.3 is 0 Å². The molecule has 0 aliphatic carbocycles. The molecule has 1 heterocycles. The molecule has 1 aromatic carbocycles. The predicted octanol–water partition coefficient (Wildman–Crippen LogP) is 1.89. The molecule has 1 amide bonds. The number of rotatable bonds is 3. The molecule has 0 saturated carbocycles. The highest BCUT2D eigenvalue weighted by molar-refractivity contribution is 5.91. The zero-order valence-electron chi connectivity index (χ0n) is 9.84. The van der Waals surface area contributed by atoms with E-state index in [1.165, 1.54) is 0 Å². The number of carbonyl (C=O) groups excluding carboxylic acids is 1. The van der Waals surface area contributed by atoms with E-state index >= 15 is 0 Å². The highest BCUT2D eigenvalue weighted by Crippen LogP contribution is 2.21. The normalized spacial score (nSPS) is 21.0. The summed E-state index contributed by atoms with van der Waals surface area (Å²) in [5.74, 6) is 0.179. The Morgan fingerprint density at radius 3 is 2.82 bits per heavy atom. The maximum Gasteiger partial charge on any atom is 0.223 e. The third-order valence-corrected chi connectivity index (χ3v) is 3.18. The van der Waals surface area contributed by atoms with Gasteiger partial charge in [-0.25, -0.2) is 0 Å². The number of hydrogen-bond donors (Lipinski definition) is 1. The van der Waals surface area contributed by atoms with Crippen LogP contribution in [0.2, 0.25) is 0 Å². The lowest BCUT2D eigenvalue weighted by molar-refractivity contribution is -0.128. The maximum atomic E-state index is 11.8. The average molecular weight is 232 g/mol. The van der Waals surface area contributed by atoms with Crippen molar-refractivity contribution in [1.82, 2.24) is 4.90 Å². The summed E-state index contributed by atoms with van der Waals surface area (Å²) in [7, 11) is 0. The topological polar surface area (TPSA) is 52.9 Å². The van der Waals surface area contributed by atoms with Gasteiger partial charge in [-0.3, -0.25) is 4.79 Å². The number of carbonyl (C=O) groups is 1. The Balaban J connectivity index is 2.02. The second-order valence-corrected chi connectivity index (χ2v) is 4.40. The van der Waals surface area contributed by atoms with E-state index in [9.17, 15) is 4.79 Å². The Bertz CT molecular complexity index is 428. The molecule has 1 saturated heterocycles. The van der Waals surface area contributed by atoms with Crippen molar-refractivity contribution in [3.05, 3.63) is 35.9 Å². The van der Waals surface area contributed by atoms with Crippen LogP contribution in [0.5, 0.6) is 0 Å². The molecule has 4 heteroatoms. The van der Waals surface area contributed by atoms with Crippen LogP contribution in [-0.2, 0) is 11.3 Å². The first-order valence-corrected chi connectivity index (χ1v) is 5.71. The molecule has 0 aromatic heterocycles. The summed E-state index contributed by atoms with van der Waals surface area (Å²) in [6, 6.07) is 9.91. The van der Waals surface area contributed by atoms with E-state index in [2.05, 4.69) is 5.16 Å². The lowest BCUT2D eigenvalue weighted by Crippen LogP contribution is -2.25. The van der Waals surface area contributed by atoms with Gasteiger partial charge in [0.25, 0.3) is 0 Å². The second-order valence-electron chi connectivity index (χ2n) is 4.40. The van der Waals surface area contributed by atoms with Crippen molar-refractivity contribution < 1.29 is 10.0 Å². The fraction of sp³-hybridized carbons (Fsp3) is 0.385. The molecular formula is C13H16N2O2. The number of amides is 1. The zero-order valence-corrected chi connectivity index (χ0v) is 9.84. The fourth-order valence-electron chi connectivity index (χ4n) is 2.09. The van der Waals surface area contributed by atoms with Crippen molar-refractivity contribution in [2.24, 2.45) is 11.1 Å². The largest absolute Gasteiger partial charge is 0.411 e. The van der Waals surface area contributed by atoms with Gasteiger partial charge in [0, 0.05) is 25.4 Å². The second kappa shape index (κ2) is 4.99. The van der Waals surface area contributed by atoms with E-state index in [-0.39, 0.29) is 11.8 Å². The van der Waals surface area contributed by atoms with Gasteiger partial charge in [0.15, 0.2) is 0 Å². The molecule has 17 heavy (non-hydrogen) atoms. The smallest absolute Gasteiger partial charge is 0.223 e. The molecule has 1 N–H and O–H groups in total. The first-order chi connectivity index (χ1) is 8.20. The summed E-state index contributed by atoms with van der Waals surface area (Å²) in [5, 5.41) is 11.9. The van der Waals surface area contributed by atoms with Crippen LogP contribution >= 0.6 is 0 Å². The number of nitrogens with zero attached hydrogens (tertiary/aromatic N) is 2. The Labute approximate surface area is 101 Å². The Morgan fingerprint density at radius 2 is 2.18 bits per heavy atom. The van der Waals surface area contributed by atoms with Crippen molar-refractivity contribution in [3.8, 4) is 0 Å². The molecule has 2 rings (SSSR count). The van der Waals surface area contributed by atoms with E-state index in [1.807, 2.05) is 35.2 Å². The van der Waals surface area contributed by atoms with Gasteiger partial charge in [0.1, 0.15) is 0 Å². The summed E-state index contributed by atoms with van der Waals surface area (Å²) in [4.78, 5) is 13.6. The third-order valence-electron chi connectivity index (χ3n) is 3.18. The van der Waals surface area contributed by atoms with Crippen molar-refractivity contribution in [1.29, 1.82) is 0 Å². The Morgan fingerprint density at radius 1 is 1.47 bits per heavy atom. The molecule has 1 fully saturated rings. The molecule has 0 bridgehead atoms. The molecule has 1 aliphatic heterocycles. The molecule has 1 aliphatic rings. The van der Waals surface area contributed by atoms with Crippen LogP contribution in [0.3, 0.4) is 0 Å². The van der Waals surface area contributed by atoms with Crippen molar-refractivity contribution >= 4 is 11.6 Å². The van der Waals surface area contributed by atoms with Gasteiger partial charge in [0.05, 0.1) is 5.71 Å². The maximum absolute atomic E-state index is 11.8. The van der Waals surface area contributed by atoms with Crippen LogP contribution in [0.15, 0.2) is 35.5 Å². The average Bonchev–Trinajstić information content (AvgIpc) is 2.71. The van der Waals surface area contributed by atoms with Crippen molar-refractivity contribution in [3.63, 3.8) is 0 Å². The predicted molar refractivity (Wildman–Crippen MR) is 64.9 cm³/mol. The van der Waals surface area contributed by atoms with E-state index in [0.717, 1.165) is 5.56 Å². The van der Waals surface area contributed by atoms with E-state index in [1.54, 1.807) is 6.92 Å². The Hall–Kier alpha value is -1.84. The van der Waals surface area contributed by atoms with Gasteiger partial charge < -0.3 is 10.1 Å². The summed E-state index contributed by atoms with van der Waals surface area (Å²) in [6.45, 7) is 3.03. The van der Waals surface area contributed by atoms with E-state index in [4.69, 9.17) is 5.21 Å². The Kier molecular flexibility index (Phi) is 3.42. The lowest BCUT2D eigenvalue weighted by atomic mass is 10.0. The minimum absolute atomic E-state index is 0.0520. The van der Waals surface area contributed by atoms with E-state index in [0.29, 0.717) is 25.2 Å². The summed E-state index contributed by atoms with van der Waals surface area (Å²) >= 11 is 0. The number of hydrogen-bond acceptors (Lipinski definition) is 3. The van der Waals surface area contributed by atoms with Crippen LogP contribution in [0.4, 0.5) is 0 Å². The first kappa shape index (κ1) is 11.6. The SMILES string of the molecule is CC(=NO)C1CC(=O)N(Cc2ccccc2)C1. The van der Waals surface area contributed by atoms with Gasteiger partial charge in [-0.05, 0) is 12.5 Å². The van der Waals surface area contributed by atoms with Crippen molar-refractivity contribution in [2.75, 3.05) is 6.54 Å². The molecule has 1 aromatic rings. The summed E-state index contributed by atoms with van der Waals surface area (Å²) in [6.07, 6.45) is 0.447. The fourth-order valence-corrected chi connectivity index (χ4v) is 2.09. The molecular weight excluding hydrogens is 216 g/mol. The van der Waals surface area contributed by atoms with Gasteiger partial charge in [-0.15, -0.1) is 0 Å². The quantitative estimate of drug-likeness (QED) is 0.491. The van der Waals surface area contributed by atoms with Crippen molar-refractivity contribution in [2.45, 2.75) is 19.9 Å². The van der Waals surface area contributed by atoms with Crippen LogP contribution in [0.1, 0.15) is 18.9 Å².